The van der Waals surface area contributed by atoms with Crippen LogP contribution >= 0.6 is 11.8 Å². The van der Waals surface area contributed by atoms with E-state index in [1.807, 2.05) is 28.8 Å². The van der Waals surface area contributed by atoms with Gasteiger partial charge in [-0.25, -0.2) is 4.98 Å². The van der Waals surface area contributed by atoms with Gasteiger partial charge in [0, 0.05) is 36.1 Å². The van der Waals surface area contributed by atoms with E-state index in [4.69, 9.17) is 0 Å². The fraction of sp³-hybridized carbons (Fsp3) is 0.333. The maximum Gasteiger partial charge on any atom is 0.237 e. The van der Waals surface area contributed by atoms with Crippen LogP contribution in [0.25, 0.3) is 0 Å². The summed E-state index contributed by atoms with van der Waals surface area (Å²) in [5.74, 6) is 0.482. The molecule has 1 aliphatic rings. The van der Waals surface area contributed by atoms with Gasteiger partial charge in [0.05, 0.1) is 5.75 Å². The Morgan fingerprint density at radius 3 is 2.45 bits per heavy atom. The van der Waals surface area contributed by atoms with E-state index >= 15 is 0 Å². The third kappa shape index (κ3) is 3.48. The van der Waals surface area contributed by atoms with Crippen molar-refractivity contribution in [2.24, 2.45) is 7.05 Å². The molecule has 0 saturated carbocycles. The number of carbonyl (C=O) groups excluding carboxylic acids is 1. The van der Waals surface area contributed by atoms with E-state index in [-0.39, 0.29) is 16.9 Å². The number of thioether (sulfide) groups is 1. The highest BCUT2D eigenvalue weighted by molar-refractivity contribution is 7.99. The summed E-state index contributed by atoms with van der Waals surface area (Å²) in [6.45, 7) is 6.65. The standard InChI is InChI=1S/C24H27N3OS/c1-23(2)17-24(3,18-10-6-5-7-11-18)19-12-8-9-13-20(19)27(23)21(28)16-29-22-25-14-15-26(22)4/h5-15H,16-17H2,1-4H3. The maximum atomic E-state index is 13.4. The van der Waals surface area contributed by atoms with Crippen molar-refractivity contribution in [2.75, 3.05) is 10.7 Å². The lowest BCUT2D eigenvalue weighted by Crippen LogP contribution is -2.56. The van der Waals surface area contributed by atoms with Crippen molar-refractivity contribution in [1.82, 2.24) is 9.55 Å². The summed E-state index contributed by atoms with van der Waals surface area (Å²) in [5.41, 5.74) is 3.06. The molecule has 1 aliphatic heterocycles. The molecule has 5 heteroatoms. The van der Waals surface area contributed by atoms with Crippen molar-refractivity contribution in [1.29, 1.82) is 0 Å². The third-order valence-corrected chi connectivity index (χ3v) is 6.94. The molecule has 1 amide bonds. The van der Waals surface area contributed by atoms with Crippen LogP contribution in [0.4, 0.5) is 5.69 Å². The number of rotatable bonds is 4. The van der Waals surface area contributed by atoms with Crippen LogP contribution in [0.5, 0.6) is 0 Å². The van der Waals surface area contributed by atoms with E-state index in [2.05, 4.69) is 74.3 Å². The van der Waals surface area contributed by atoms with Crippen LogP contribution in [-0.4, -0.2) is 26.8 Å². The van der Waals surface area contributed by atoms with Gasteiger partial charge in [0.15, 0.2) is 5.16 Å². The number of benzene rings is 2. The van der Waals surface area contributed by atoms with Crippen LogP contribution in [-0.2, 0) is 17.3 Å². The topological polar surface area (TPSA) is 38.1 Å². The zero-order chi connectivity index (χ0) is 20.6. The summed E-state index contributed by atoms with van der Waals surface area (Å²) in [6.07, 6.45) is 4.52. The second kappa shape index (κ2) is 7.38. The zero-order valence-electron chi connectivity index (χ0n) is 17.4. The molecule has 4 rings (SSSR count). The summed E-state index contributed by atoms with van der Waals surface area (Å²) < 4.78 is 1.94. The van der Waals surface area contributed by atoms with Gasteiger partial charge in [-0.15, -0.1) is 0 Å². The number of fused-ring (bicyclic) bond motifs is 1. The Kier molecular flexibility index (Phi) is 5.03. The third-order valence-electron chi connectivity index (χ3n) is 5.89. The second-order valence-electron chi connectivity index (χ2n) is 8.54. The largest absolute Gasteiger partial charge is 0.329 e. The van der Waals surface area contributed by atoms with E-state index in [0.717, 1.165) is 17.3 Å². The minimum atomic E-state index is -0.307. The highest BCUT2D eigenvalue weighted by atomic mass is 32.2. The van der Waals surface area contributed by atoms with Gasteiger partial charge in [0.2, 0.25) is 5.91 Å². The molecule has 2 heterocycles. The van der Waals surface area contributed by atoms with E-state index in [0.29, 0.717) is 5.75 Å². The summed E-state index contributed by atoms with van der Waals surface area (Å²) in [4.78, 5) is 19.7. The lowest BCUT2D eigenvalue weighted by Gasteiger charge is -2.51. The molecule has 0 fully saturated rings. The number of amides is 1. The van der Waals surface area contributed by atoms with Crippen LogP contribution in [0.3, 0.4) is 0 Å². The molecular weight excluding hydrogens is 378 g/mol. The first kappa shape index (κ1) is 19.8. The van der Waals surface area contributed by atoms with Gasteiger partial charge in [-0.2, -0.15) is 0 Å². The van der Waals surface area contributed by atoms with Crippen molar-refractivity contribution >= 4 is 23.4 Å². The number of aromatic nitrogens is 2. The number of hydrogen-bond acceptors (Lipinski definition) is 3. The molecule has 1 aromatic heterocycles. The Morgan fingerprint density at radius 1 is 1.07 bits per heavy atom. The minimum Gasteiger partial charge on any atom is -0.329 e. The summed E-state index contributed by atoms with van der Waals surface area (Å²) in [5, 5.41) is 0.857. The first-order valence-electron chi connectivity index (χ1n) is 9.91. The average Bonchev–Trinajstić information content (AvgIpc) is 3.11. The van der Waals surface area contributed by atoms with Crippen LogP contribution in [0.2, 0.25) is 0 Å². The molecule has 0 radical (unpaired) electrons. The molecule has 3 aromatic rings. The van der Waals surface area contributed by atoms with Gasteiger partial charge < -0.3 is 9.47 Å². The van der Waals surface area contributed by atoms with E-state index in [1.54, 1.807) is 6.20 Å². The first-order valence-corrected chi connectivity index (χ1v) is 10.9. The van der Waals surface area contributed by atoms with Crippen LogP contribution in [0.1, 0.15) is 38.3 Å². The van der Waals surface area contributed by atoms with Gasteiger partial charge in [-0.05, 0) is 37.5 Å². The monoisotopic (exact) mass is 405 g/mol. The Labute approximate surface area is 177 Å². The lowest BCUT2D eigenvalue weighted by atomic mass is 9.65. The Bertz CT molecular complexity index is 1030. The lowest BCUT2D eigenvalue weighted by molar-refractivity contribution is -0.117. The maximum absolute atomic E-state index is 13.4. The molecule has 0 N–H and O–H groups in total. The van der Waals surface area contributed by atoms with Crippen LogP contribution in [0, 0.1) is 0 Å². The van der Waals surface area contributed by atoms with Crippen molar-refractivity contribution in [3.05, 3.63) is 78.1 Å². The number of aryl methyl sites for hydroxylation is 1. The van der Waals surface area contributed by atoms with Crippen molar-refractivity contribution < 1.29 is 4.79 Å². The normalized spacial score (nSPS) is 20.3. The molecule has 0 saturated heterocycles. The van der Waals surface area contributed by atoms with E-state index < -0.39 is 0 Å². The average molecular weight is 406 g/mol. The van der Waals surface area contributed by atoms with Crippen LogP contribution in [0.15, 0.2) is 72.1 Å². The van der Waals surface area contributed by atoms with Crippen molar-refractivity contribution in [2.45, 2.75) is 43.3 Å². The molecule has 4 nitrogen and oxygen atoms in total. The van der Waals surface area contributed by atoms with Crippen LogP contribution < -0.4 is 4.90 Å². The summed E-state index contributed by atoms with van der Waals surface area (Å²) in [7, 11) is 1.95. The SMILES string of the molecule is Cn1ccnc1SCC(=O)N1c2ccccc2C(C)(c2ccccc2)CC1(C)C. The molecular formula is C24H27N3OS. The van der Waals surface area contributed by atoms with Gasteiger partial charge in [-0.1, -0.05) is 67.2 Å². The van der Waals surface area contributed by atoms with Crippen molar-refractivity contribution in [3.8, 4) is 0 Å². The highest BCUT2D eigenvalue weighted by Gasteiger charge is 2.47. The quantitative estimate of drug-likeness (QED) is 0.571. The molecule has 29 heavy (non-hydrogen) atoms. The van der Waals surface area contributed by atoms with Gasteiger partial charge in [-0.3, -0.25) is 4.79 Å². The first-order chi connectivity index (χ1) is 13.8. The molecule has 2 aromatic carbocycles. The number of anilines is 1. The predicted octanol–water partition coefficient (Wildman–Crippen LogP) is 5.03. The molecule has 0 bridgehead atoms. The fourth-order valence-corrected chi connectivity index (χ4v) is 5.50. The van der Waals surface area contributed by atoms with Gasteiger partial charge in [0.1, 0.15) is 0 Å². The summed E-state index contributed by atoms with van der Waals surface area (Å²) in [6, 6.07) is 19.0. The van der Waals surface area contributed by atoms with E-state index in [1.165, 1.54) is 22.9 Å². The Hall–Kier alpha value is -2.53. The molecule has 1 unspecified atom stereocenters. The number of para-hydroxylation sites is 1. The Balaban J connectivity index is 1.72. The molecule has 0 aliphatic carbocycles. The highest BCUT2D eigenvalue weighted by Crippen LogP contribution is 2.50. The van der Waals surface area contributed by atoms with E-state index in [9.17, 15) is 4.79 Å². The fourth-order valence-electron chi connectivity index (χ4n) is 4.72. The smallest absolute Gasteiger partial charge is 0.237 e. The number of imidazole rings is 1. The second-order valence-corrected chi connectivity index (χ2v) is 9.49. The minimum absolute atomic E-state index is 0.116. The number of carbonyl (C=O) groups is 1. The van der Waals surface area contributed by atoms with Gasteiger partial charge in [0.25, 0.3) is 0 Å². The van der Waals surface area contributed by atoms with Gasteiger partial charge >= 0.3 is 0 Å². The van der Waals surface area contributed by atoms with Crippen molar-refractivity contribution in [3.63, 3.8) is 0 Å². The predicted molar refractivity (Wildman–Crippen MR) is 119 cm³/mol. The Morgan fingerprint density at radius 2 is 1.76 bits per heavy atom. The molecule has 0 spiro atoms. The number of hydrogen-bond donors (Lipinski definition) is 0. The zero-order valence-corrected chi connectivity index (χ0v) is 18.2. The summed E-state index contributed by atoms with van der Waals surface area (Å²) >= 11 is 1.49. The molecule has 1 atom stereocenters. The number of nitrogens with zero attached hydrogens (tertiary/aromatic N) is 3. The molecule has 150 valence electrons.